The number of rotatable bonds is 1. The van der Waals surface area contributed by atoms with Gasteiger partial charge in [-0.05, 0) is 0 Å². The molecule has 0 saturated carbocycles. The molecule has 2 aromatic heterocycles. The molecule has 1 atom stereocenters. The van der Waals surface area contributed by atoms with Crippen LogP contribution in [0.1, 0.15) is 6.42 Å². The van der Waals surface area contributed by atoms with Crippen molar-refractivity contribution in [3.8, 4) is 0 Å². The Balaban J connectivity index is 2.12. The van der Waals surface area contributed by atoms with Crippen LogP contribution < -0.4 is 10.6 Å². The lowest BCUT2D eigenvalue weighted by atomic mass is 10.3. The van der Waals surface area contributed by atoms with Crippen molar-refractivity contribution < 1.29 is 4.79 Å². The molecule has 0 aliphatic carbocycles. The molecule has 2 aromatic rings. The lowest BCUT2D eigenvalue weighted by molar-refractivity contribution is -0.117. The second kappa shape index (κ2) is 3.24. The van der Waals surface area contributed by atoms with E-state index >= 15 is 0 Å². The van der Waals surface area contributed by atoms with E-state index in [1.165, 1.54) is 6.33 Å². The number of nitrogens with zero attached hydrogens (tertiary/aromatic N) is 4. The molecule has 0 spiro atoms. The molecule has 1 aliphatic rings. The number of carbonyl (C=O) groups is 1. The van der Waals surface area contributed by atoms with Gasteiger partial charge in [0.05, 0.1) is 11.6 Å². The molecule has 82 valence electrons. The molecule has 0 bridgehead atoms. The second-order valence-electron chi connectivity index (χ2n) is 3.80. The van der Waals surface area contributed by atoms with Crippen LogP contribution in [0.2, 0.25) is 0 Å². The minimum atomic E-state index is -0.121. The van der Waals surface area contributed by atoms with Crippen LogP contribution in [-0.4, -0.2) is 38.7 Å². The highest BCUT2D eigenvalue weighted by Gasteiger charge is 2.30. The molecule has 1 fully saturated rings. The molecule has 3 N–H and O–H groups in total. The van der Waals surface area contributed by atoms with Gasteiger partial charge in [-0.2, -0.15) is 5.10 Å². The van der Waals surface area contributed by atoms with Gasteiger partial charge in [0.2, 0.25) is 5.91 Å². The number of aromatic nitrogens is 4. The number of anilines is 1. The third-order valence-electron chi connectivity index (χ3n) is 2.64. The molecule has 0 radical (unpaired) electrons. The van der Waals surface area contributed by atoms with Crippen LogP contribution in [0.15, 0.2) is 12.5 Å². The van der Waals surface area contributed by atoms with E-state index in [1.54, 1.807) is 11.1 Å². The van der Waals surface area contributed by atoms with Crippen LogP contribution in [0.3, 0.4) is 0 Å². The first-order chi connectivity index (χ1) is 7.75. The number of aromatic amines is 1. The Kier molecular flexibility index (Phi) is 1.87. The molecule has 3 heterocycles. The lowest BCUT2D eigenvalue weighted by Crippen LogP contribution is -2.28. The van der Waals surface area contributed by atoms with E-state index in [9.17, 15) is 4.79 Å². The van der Waals surface area contributed by atoms with E-state index in [0.29, 0.717) is 24.4 Å². The molecule has 7 heteroatoms. The van der Waals surface area contributed by atoms with Crippen molar-refractivity contribution in [1.82, 2.24) is 20.2 Å². The third kappa shape index (κ3) is 1.25. The van der Waals surface area contributed by atoms with E-state index in [1.807, 2.05) is 0 Å². The van der Waals surface area contributed by atoms with Gasteiger partial charge in [0.25, 0.3) is 0 Å². The first-order valence-electron chi connectivity index (χ1n) is 4.96. The normalized spacial score (nSPS) is 20.9. The summed E-state index contributed by atoms with van der Waals surface area (Å²) in [6.45, 7) is 0.496. The Morgan fingerprint density at radius 3 is 3.12 bits per heavy atom. The van der Waals surface area contributed by atoms with E-state index in [2.05, 4.69) is 20.2 Å². The van der Waals surface area contributed by atoms with Gasteiger partial charge in [0, 0.05) is 19.0 Å². The van der Waals surface area contributed by atoms with E-state index in [0.717, 1.165) is 5.39 Å². The summed E-state index contributed by atoms with van der Waals surface area (Å²) in [6, 6.07) is -0.121. The standard InChI is InChI=1S/C9H10N6O/c10-5-1-7(16)15(3-5)9-6-2-13-14-8(6)11-4-12-9/h2,4-5H,1,3,10H2,(H,11,12,13,14). The maximum absolute atomic E-state index is 11.7. The zero-order valence-electron chi connectivity index (χ0n) is 8.42. The number of amides is 1. The van der Waals surface area contributed by atoms with Crippen molar-refractivity contribution in [2.24, 2.45) is 5.73 Å². The number of H-pyrrole nitrogens is 1. The fraction of sp³-hybridized carbons (Fsp3) is 0.333. The average molecular weight is 218 g/mol. The number of hydrogen-bond acceptors (Lipinski definition) is 5. The van der Waals surface area contributed by atoms with Crippen molar-refractivity contribution in [1.29, 1.82) is 0 Å². The summed E-state index contributed by atoms with van der Waals surface area (Å²) in [5.41, 5.74) is 6.37. The maximum Gasteiger partial charge on any atom is 0.229 e. The molecular formula is C9H10N6O. The van der Waals surface area contributed by atoms with Crippen LogP contribution >= 0.6 is 0 Å². The Hall–Kier alpha value is -2.02. The molecule has 1 saturated heterocycles. The minimum absolute atomic E-state index is 0.00583. The maximum atomic E-state index is 11.7. The van der Waals surface area contributed by atoms with Gasteiger partial charge in [-0.25, -0.2) is 9.97 Å². The molecule has 7 nitrogen and oxygen atoms in total. The summed E-state index contributed by atoms with van der Waals surface area (Å²) < 4.78 is 0. The lowest BCUT2D eigenvalue weighted by Gasteiger charge is -2.14. The zero-order valence-corrected chi connectivity index (χ0v) is 8.42. The molecule has 1 unspecified atom stereocenters. The number of nitrogens with two attached hydrogens (primary N) is 1. The smallest absolute Gasteiger partial charge is 0.229 e. The topological polar surface area (TPSA) is 101 Å². The quantitative estimate of drug-likeness (QED) is 0.666. The summed E-state index contributed by atoms with van der Waals surface area (Å²) in [5, 5.41) is 7.36. The van der Waals surface area contributed by atoms with Crippen molar-refractivity contribution in [3.05, 3.63) is 12.5 Å². The van der Waals surface area contributed by atoms with Crippen LogP contribution in [-0.2, 0) is 4.79 Å². The predicted octanol–water partition coefficient (Wildman–Crippen LogP) is -0.583. The zero-order chi connectivity index (χ0) is 11.1. The Bertz CT molecular complexity index is 550. The highest BCUT2D eigenvalue weighted by molar-refractivity contribution is 6.01. The number of nitrogens with one attached hydrogen (secondary N) is 1. The first kappa shape index (κ1) is 9.22. The minimum Gasteiger partial charge on any atom is -0.326 e. The molecule has 0 aromatic carbocycles. The van der Waals surface area contributed by atoms with Gasteiger partial charge in [-0.1, -0.05) is 0 Å². The van der Waals surface area contributed by atoms with Crippen LogP contribution in [0.4, 0.5) is 5.82 Å². The fourth-order valence-electron chi connectivity index (χ4n) is 1.91. The summed E-state index contributed by atoms with van der Waals surface area (Å²) in [5.74, 6) is 0.574. The van der Waals surface area contributed by atoms with Crippen LogP contribution in [0.5, 0.6) is 0 Å². The second-order valence-corrected chi connectivity index (χ2v) is 3.80. The molecule has 3 rings (SSSR count). The third-order valence-corrected chi connectivity index (χ3v) is 2.64. The van der Waals surface area contributed by atoms with Gasteiger partial charge in [-0.15, -0.1) is 0 Å². The van der Waals surface area contributed by atoms with E-state index < -0.39 is 0 Å². The molecule has 1 aliphatic heterocycles. The van der Waals surface area contributed by atoms with Gasteiger partial charge in [0.1, 0.15) is 12.1 Å². The van der Waals surface area contributed by atoms with Crippen molar-refractivity contribution >= 4 is 22.8 Å². The number of hydrogen-bond donors (Lipinski definition) is 2. The summed E-state index contributed by atoms with van der Waals surface area (Å²) in [4.78, 5) is 21.4. The summed E-state index contributed by atoms with van der Waals surface area (Å²) in [6.07, 6.45) is 3.39. The highest BCUT2D eigenvalue weighted by Crippen LogP contribution is 2.24. The predicted molar refractivity (Wildman–Crippen MR) is 56.6 cm³/mol. The molecule has 16 heavy (non-hydrogen) atoms. The van der Waals surface area contributed by atoms with Crippen molar-refractivity contribution in [2.75, 3.05) is 11.4 Å². The number of fused-ring (bicyclic) bond motifs is 1. The molecule has 1 amide bonds. The number of carbonyl (C=O) groups excluding carboxylic acids is 1. The monoisotopic (exact) mass is 218 g/mol. The van der Waals surface area contributed by atoms with E-state index in [4.69, 9.17) is 5.73 Å². The molecular weight excluding hydrogens is 208 g/mol. The van der Waals surface area contributed by atoms with Gasteiger partial charge in [-0.3, -0.25) is 14.8 Å². The van der Waals surface area contributed by atoms with Gasteiger partial charge >= 0.3 is 0 Å². The average Bonchev–Trinajstić information content (AvgIpc) is 2.84. The Morgan fingerprint density at radius 1 is 1.50 bits per heavy atom. The summed E-state index contributed by atoms with van der Waals surface area (Å²) in [7, 11) is 0. The van der Waals surface area contributed by atoms with Gasteiger partial charge in [0.15, 0.2) is 5.65 Å². The first-order valence-corrected chi connectivity index (χ1v) is 4.96. The fourth-order valence-corrected chi connectivity index (χ4v) is 1.91. The van der Waals surface area contributed by atoms with Gasteiger partial charge < -0.3 is 5.73 Å². The van der Waals surface area contributed by atoms with Crippen LogP contribution in [0.25, 0.3) is 11.0 Å². The van der Waals surface area contributed by atoms with Crippen molar-refractivity contribution in [2.45, 2.75) is 12.5 Å². The largest absolute Gasteiger partial charge is 0.326 e. The van der Waals surface area contributed by atoms with Crippen LogP contribution in [0, 0.1) is 0 Å². The summed E-state index contributed by atoms with van der Waals surface area (Å²) >= 11 is 0. The Labute approximate surface area is 90.7 Å². The highest BCUT2D eigenvalue weighted by atomic mass is 16.2. The SMILES string of the molecule is NC1CC(=O)N(c2ncnc3[nH]ncc23)C1. The van der Waals surface area contributed by atoms with Crippen molar-refractivity contribution in [3.63, 3.8) is 0 Å². The Morgan fingerprint density at radius 2 is 2.38 bits per heavy atom. The van der Waals surface area contributed by atoms with E-state index in [-0.39, 0.29) is 11.9 Å².